The van der Waals surface area contributed by atoms with Crippen LogP contribution in [0.4, 0.5) is 11.4 Å². The number of aryl methyl sites for hydroxylation is 6. The molecule has 0 saturated carbocycles. The molecule has 3 heterocycles. The third kappa shape index (κ3) is 7.88. The zero-order valence-electron chi connectivity index (χ0n) is 33.0. The maximum Gasteiger partial charge on any atom is 0.411 e. The molecule has 1 aliphatic heterocycles. The number of ketones is 1. The number of allylic oxidation sites excluding steroid dienone is 2. The Morgan fingerprint density at radius 3 is 2.02 bits per heavy atom. The van der Waals surface area contributed by atoms with Gasteiger partial charge in [-0.2, -0.15) is 0 Å². The molecule has 6 rings (SSSR count). The molecule has 0 saturated heterocycles. The van der Waals surface area contributed by atoms with Gasteiger partial charge in [0.2, 0.25) is 0 Å². The van der Waals surface area contributed by atoms with Gasteiger partial charge >= 0.3 is 6.98 Å². The zero-order chi connectivity index (χ0) is 37.3. The first-order chi connectivity index (χ1) is 24.3. The fraction of sp³-hybridized carbons (Fsp3) is 0.419. The van der Waals surface area contributed by atoms with Crippen LogP contribution in [0.1, 0.15) is 86.8 Å². The van der Waals surface area contributed by atoms with E-state index in [4.69, 9.17) is 9.97 Å². The van der Waals surface area contributed by atoms with Gasteiger partial charge in [0.15, 0.2) is 5.78 Å². The summed E-state index contributed by atoms with van der Waals surface area (Å²) in [6.07, 6.45) is 6.61. The summed E-state index contributed by atoms with van der Waals surface area (Å²) in [6.45, 7) is 21.4. The molecule has 2 aromatic heterocycles. The number of thiophene rings is 1. The van der Waals surface area contributed by atoms with Crippen molar-refractivity contribution in [1.29, 1.82) is 0 Å². The largest absolute Gasteiger partial charge is 0.512 e. The molecule has 1 N–H and O–H groups in total. The van der Waals surface area contributed by atoms with Crippen LogP contribution >= 0.6 is 11.3 Å². The average Bonchev–Trinajstić information content (AvgIpc) is 3.57. The van der Waals surface area contributed by atoms with Crippen molar-refractivity contribution in [1.82, 2.24) is 9.97 Å². The van der Waals surface area contributed by atoms with Crippen LogP contribution in [0.25, 0.3) is 31.6 Å². The fourth-order valence-electron chi connectivity index (χ4n) is 8.05. The van der Waals surface area contributed by atoms with E-state index >= 15 is 0 Å². The third-order valence-corrected chi connectivity index (χ3v) is 12.0. The van der Waals surface area contributed by atoms with Crippen molar-refractivity contribution in [3.63, 3.8) is 0 Å². The Labute approximate surface area is 329 Å². The summed E-state index contributed by atoms with van der Waals surface area (Å²) in [5, 5.41) is 11.0. The van der Waals surface area contributed by atoms with Crippen molar-refractivity contribution >= 4 is 61.2 Å². The molecule has 0 fully saturated rings. The monoisotopic (exact) mass is 894 g/mol. The normalized spacial score (nSPS) is 12.9. The van der Waals surface area contributed by atoms with Gasteiger partial charge in [0, 0.05) is 64.2 Å². The number of nitrogens with zero attached hydrogens (tertiary/aromatic N) is 4. The van der Waals surface area contributed by atoms with Gasteiger partial charge in [-0.3, -0.25) is 9.78 Å². The number of aromatic nitrogens is 2. The molecule has 0 unspecified atom stereocenters. The minimum absolute atomic E-state index is 0. The van der Waals surface area contributed by atoms with Gasteiger partial charge in [-0.25, -0.2) is 4.98 Å². The average molecular weight is 894 g/mol. The summed E-state index contributed by atoms with van der Waals surface area (Å²) in [6, 6.07) is 14.8. The Morgan fingerprint density at radius 2 is 1.44 bits per heavy atom. The van der Waals surface area contributed by atoms with E-state index in [9.17, 15) is 9.90 Å². The molecule has 0 bridgehead atoms. The van der Waals surface area contributed by atoms with E-state index in [1.807, 2.05) is 27.7 Å². The molecule has 3 aromatic carbocycles. The van der Waals surface area contributed by atoms with Crippen LogP contribution in [0.3, 0.4) is 0 Å². The second kappa shape index (κ2) is 17.1. The first-order valence-corrected chi connectivity index (χ1v) is 19.3. The number of aliphatic hydroxyl groups is 1. The van der Waals surface area contributed by atoms with Gasteiger partial charge in [-0.05, 0) is 84.6 Å². The number of carbonyl (C=O) groups is 1. The van der Waals surface area contributed by atoms with Crippen LogP contribution in [0.15, 0.2) is 48.5 Å². The molecular weight excluding hydrogens is 840 g/mol. The Bertz CT molecular complexity index is 2070. The van der Waals surface area contributed by atoms with E-state index in [1.54, 1.807) is 17.7 Å². The summed E-state index contributed by atoms with van der Waals surface area (Å²) in [5.41, 5.74) is 14.6. The van der Waals surface area contributed by atoms with E-state index in [2.05, 4.69) is 102 Å². The minimum Gasteiger partial charge on any atom is -0.512 e. The van der Waals surface area contributed by atoms with Gasteiger partial charge in [0.05, 0.1) is 17.0 Å². The van der Waals surface area contributed by atoms with Crippen molar-refractivity contribution in [3.8, 4) is 11.3 Å². The maximum absolute atomic E-state index is 11.7. The number of benzene rings is 3. The van der Waals surface area contributed by atoms with Crippen molar-refractivity contribution in [2.75, 3.05) is 23.7 Å². The van der Waals surface area contributed by atoms with Crippen LogP contribution in [-0.2, 0) is 24.9 Å². The Kier molecular flexibility index (Phi) is 13.6. The number of hydrogen-bond acceptors (Lipinski definition) is 7. The number of aliphatic hydroxyl groups excluding tert-OH is 1. The van der Waals surface area contributed by atoms with E-state index in [0.717, 1.165) is 52.7 Å². The van der Waals surface area contributed by atoms with E-state index < -0.39 is 0 Å². The molecule has 0 amide bonds. The van der Waals surface area contributed by atoms with Crippen molar-refractivity contribution in [2.45, 2.75) is 94.9 Å². The molecule has 1 aliphatic rings. The smallest absolute Gasteiger partial charge is 0.411 e. The fourth-order valence-corrected chi connectivity index (χ4v) is 9.29. The van der Waals surface area contributed by atoms with Gasteiger partial charge in [0.1, 0.15) is 6.33 Å². The molecule has 1 radical (unpaired) electrons. The standard InChI is InChI=1S/C30H30BN4S.C13H24O2.Ir/c1-16-9-17(2)13-22(12-16)26-30-27(33-15-32-26)23-14-24-28(21(6)29(23)36-30)35(8)31(34(24)7)25-19(4)10-18(3)11-20(25)5;1-5-10(6-2)12(14)9-13(15)11(7-3)8-4;/h9-12,14-15H,1-8H3;9-11,14H,5-8H2,1-4H3;/q-1;;/b;12-9-;. The number of carbonyl (C=O) groups excluding carboxylic acids is 1. The van der Waals surface area contributed by atoms with Gasteiger partial charge in [-0.1, -0.05) is 70.4 Å². The molecule has 9 heteroatoms. The second-order valence-electron chi connectivity index (χ2n) is 14.4. The van der Waals surface area contributed by atoms with E-state index in [1.165, 1.54) is 60.8 Å². The minimum atomic E-state index is 0. The first-order valence-electron chi connectivity index (χ1n) is 18.4. The van der Waals surface area contributed by atoms with E-state index in [0.29, 0.717) is 0 Å². The van der Waals surface area contributed by atoms with Gasteiger partial charge in [0.25, 0.3) is 0 Å². The molecule has 0 aliphatic carbocycles. The maximum atomic E-state index is 11.7. The molecule has 277 valence electrons. The molecule has 52 heavy (non-hydrogen) atoms. The zero-order valence-corrected chi connectivity index (χ0v) is 36.2. The third-order valence-electron chi connectivity index (χ3n) is 10.7. The summed E-state index contributed by atoms with van der Waals surface area (Å²) in [4.78, 5) is 26.1. The Balaban J connectivity index is 0.000000323. The first kappa shape index (κ1) is 41.2. The van der Waals surface area contributed by atoms with Gasteiger partial charge in [-0.15, -0.1) is 46.2 Å². The summed E-state index contributed by atoms with van der Waals surface area (Å²) in [5.74, 6) is 0.547. The van der Waals surface area contributed by atoms with E-state index in [-0.39, 0.29) is 50.5 Å². The number of anilines is 2. The summed E-state index contributed by atoms with van der Waals surface area (Å²) in [7, 11) is 4.45. The van der Waals surface area contributed by atoms with Crippen LogP contribution < -0.4 is 15.1 Å². The Morgan fingerprint density at radius 1 is 0.846 bits per heavy atom. The molecule has 5 aromatic rings. The topological polar surface area (TPSA) is 69.6 Å². The summed E-state index contributed by atoms with van der Waals surface area (Å²) < 4.78 is 2.42. The predicted molar refractivity (Wildman–Crippen MR) is 220 cm³/mol. The quantitative estimate of drug-likeness (QED) is 0.0688. The molecule has 0 atom stereocenters. The molecule has 0 spiro atoms. The summed E-state index contributed by atoms with van der Waals surface area (Å²) >= 11 is 1.81. The van der Waals surface area contributed by atoms with Gasteiger partial charge < -0.3 is 14.7 Å². The number of rotatable bonds is 9. The van der Waals surface area contributed by atoms with Crippen LogP contribution in [0.2, 0.25) is 0 Å². The van der Waals surface area contributed by atoms with Crippen LogP contribution in [0.5, 0.6) is 0 Å². The number of hydrogen-bond donors (Lipinski definition) is 1. The SMILES string of the molecule is CCC(CC)C(=O)/C=C(\O)C(CC)CC.Cc1[c-]c(-c2ncnc3c2sc2c(C)c4c(cc23)N(C)B(c2c(C)cc(C)cc2C)N4C)cc(C)c1.[Ir]. The molecule has 6 nitrogen and oxygen atoms in total. The van der Waals surface area contributed by atoms with Crippen LogP contribution in [-0.4, -0.2) is 41.9 Å². The Hall–Kier alpha value is -3.52. The van der Waals surface area contributed by atoms with Crippen molar-refractivity contribution in [3.05, 3.63) is 87.9 Å². The van der Waals surface area contributed by atoms with Crippen molar-refractivity contribution < 1.29 is 30.0 Å². The van der Waals surface area contributed by atoms with Crippen molar-refractivity contribution in [2.24, 2.45) is 11.8 Å². The predicted octanol–water partition coefficient (Wildman–Crippen LogP) is 10.3. The number of fused-ring (bicyclic) bond motifs is 4. The second-order valence-corrected chi connectivity index (χ2v) is 15.4. The molecular formula is C43H54BIrN4O2S-. The van der Waals surface area contributed by atoms with Crippen LogP contribution in [0, 0.1) is 59.4 Å².